The molecule has 0 saturated heterocycles. The Morgan fingerprint density at radius 1 is 0.463 bits per heavy atom. The van der Waals surface area contributed by atoms with Crippen molar-refractivity contribution in [3.8, 4) is 33.4 Å². The number of benzene rings is 7. The predicted octanol–water partition coefficient (Wildman–Crippen LogP) is 14.5. The van der Waals surface area contributed by atoms with Crippen LogP contribution in [0.5, 0.6) is 0 Å². The maximum Gasteiger partial charge on any atom is 0.0543 e. The maximum atomic E-state index is 2.54. The molecule has 0 heterocycles. The molecule has 0 aliphatic heterocycles. The van der Waals surface area contributed by atoms with E-state index < -0.39 is 0 Å². The van der Waals surface area contributed by atoms with Crippen LogP contribution in [-0.2, 0) is 10.8 Å². The Morgan fingerprint density at radius 3 is 1.81 bits per heavy atom. The van der Waals surface area contributed by atoms with Crippen molar-refractivity contribution in [2.45, 2.75) is 44.9 Å². The van der Waals surface area contributed by atoms with Crippen molar-refractivity contribution in [2.75, 3.05) is 4.90 Å². The molecule has 7 aromatic rings. The molecule has 1 nitrogen and oxygen atoms in total. The van der Waals surface area contributed by atoms with Gasteiger partial charge >= 0.3 is 0 Å². The number of fused-ring (bicyclic) bond motifs is 8. The molecule has 7 aromatic carbocycles. The Bertz CT molecular complexity index is 2700. The predicted molar refractivity (Wildman–Crippen MR) is 230 cm³/mol. The quantitative estimate of drug-likeness (QED) is 0.173. The van der Waals surface area contributed by atoms with Gasteiger partial charge in [0.25, 0.3) is 0 Å². The lowest BCUT2D eigenvalue weighted by molar-refractivity contribution is 0.652. The molecule has 0 aromatic heterocycles. The van der Waals surface area contributed by atoms with Gasteiger partial charge in [-0.15, -0.1) is 0 Å². The van der Waals surface area contributed by atoms with Crippen molar-refractivity contribution in [3.63, 3.8) is 0 Å². The molecule has 0 saturated carbocycles. The van der Waals surface area contributed by atoms with Gasteiger partial charge in [-0.05, 0) is 121 Å². The van der Waals surface area contributed by atoms with Crippen LogP contribution in [-0.4, -0.2) is 0 Å². The van der Waals surface area contributed by atoms with E-state index in [1.54, 1.807) is 0 Å². The first-order valence-corrected chi connectivity index (χ1v) is 19.3. The molecule has 0 fully saturated rings. The van der Waals surface area contributed by atoms with Crippen LogP contribution in [0.2, 0.25) is 0 Å². The SMILES string of the molecule is CC1(C)c2ccccc2-c2cc3c(cc21)-c1c(cc(N(c2ccc(C4=CC=CCC=C4)cc2)c2ccc(-c4ccccc4)cc2)c2ccccc12)C3(C)C. The summed E-state index contributed by atoms with van der Waals surface area (Å²) in [5, 5.41) is 2.55. The van der Waals surface area contributed by atoms with E-state index in [4.69, 9.17) is 0 Å². The van der Waals surface area contributed by atoms with Crippen molar-refractivity contribution in [1.29, 1.82) is 0 Å². The molecule has 0 radical (unpaired) electrons. The molecular weight excluding hydrogens is 651 g/mol. The van der Waals surface area contributed by atoms with E-state index in [-0.39, 0.29) is 10.8 Å². The van der Waals surface area contributed by atoms with Crippen LogP contribution in [0.15, 0.2) is 176 Å². The molecule has 0 spiro atoms. The van der Waals surface area contributed by atoms with Gasteiger partial charge in [0.2, 0.25) is 0 Å². The fourth-order valence-electron chi connectivity index (χ4n) is 9.38. The van der Waals surface area contributed by atoms with Gasteiger partial charge in [-0.25, -0.2) is 0 Å². The lowest BCUT2D eigenvalue weighted by atomic mass is 9.79. The van der Waals surface area contributed by atoms with Crippen LogP contribution in [0.1, 0.15) is 61.9 Å². The minimum Gasteiger partial charge on any atom is -0.310 e. The van der Waals surface area contributed by atoms with Crippen LogP contribution in [0.3, 0.4) is 0 Å². The van der Waals surface area contributed by atoms with E-state index in [9.17, 15) is 0 Å². The van der Waals surface area contributed by atoms with Crippen LogP contribution >= 0.6 is 0 Å². The minimum atomic E-state index is -0.196. The third-order valence-electron chi connectivity index (χ3n) is 12.3. The summed E-state index contributed by atoms with van der Waals surface area (Å²) >= 11 is 0. The van der Waals surface area contributed by atoms with Gasteiger partial charge in [0.15, 0.2) is 0 Å². The summed E-state index contributed by atoms with van der Waals surface area (Å²) in [5.41, 5.74) is 19.2. The number of anilines is 3. The normalized spacial score (nSPS) is 15.6. The molecule has 0 unspecified atom stereocenters. The van der Waals surface area contributed by atoms with E-state index in [0.717, 1.165) is 17.8 Å². The zero-order valence-corrected chi connectivity index (χ0v) is 31.4. The second-order valence-corrected chi connectivity index (χ2v) is 16.1. The van der Waals surface area contributed by atoms with Gasteiger partial charge in [-0.2, -0.15) is 0 Å². The van der Waals surface area contributed by atoms with Crippen molar-refractivity contribution >= 4 is 33.4 Å². The summed E-state index contributed by atoms with van der Waals surface area (Å²) < 4.78 is 0. The summed E-state index contributed by atoms with van der Waals surface area (Å²) in [5.74, 6) is 0. The lowest BCUT2D eigenvalue weighted by Crippen LogP contribution is -2.18. The smallest absolute Gasteiger partial charge is 0.0543 e. The van der Waals surface area contributed by atoms with E-state index in [1.165, 1.54) is 83.2 Å². The summed E-state index contributed by atoms with van der Waals surface area (Å²) in [7, 11) is 0. The molecular formula is C53H43N. The van der Waals surface area contributed by atoms with E-state index in [0.29, 0.717) is 0 Å². The summed E-state index contributed by atoms with van der Waals surface area (Å²) in [6, 6.07) is 54.5. The molecule has 0 bridgehead atoms. The number of hydrogen-bond donors (Lipinski definition) is 0. The maximum absolute atomic E-state index is 2.54. The van der Waals surface area contributed by atoms with Gasteiger partial charge in [0.1, 0.15) is 0 Å². The highest BCUT2D eigenvalue weighted by Crippen LogP contribution is 2.58. The van der Waals surface area contributed by atoms with Crippen LogP contribution < -0.4 is 4.90 Å². The van der Waals surface area contributed by atoms with Gasteiger partial charge in [-0.3, -0.25) is 0 Å². The topological polar surface area (TPSA) is 3.24 Å². The Balaban J connectivity index is 1.18. The molecule has 3 aliphatic carbocycles. The first-order chi connectivity index (χ1) is 26.3. The number of allylic oxidation sites excluding steroid dienone is 6. The largest absolute Gasteiger partial charge is 0.310 e. The lowest BCUT2D eigenvalue weighted by Gasteiger charge is -2.30. The third-order valence-corrected chi connectivity index (χ3v) is 12.3. The van der Waals surface area contributed by atoms with E-state index >= 15 is 0 Å². The van der Waals surface area contributed by atoms with Crippen molar-refractivity contribution in [3.05, 3.63) is 204 Å². The number of hydrogen-bond acceptors (Lipinski definition) is 1. The first-order valence-electron chi connectivity index (χ1n) is 19.3. The zero-order chi connectivity index (χ0) is 36.6. The Morgan fingerprint density at radius 2 is 1.06 bits per heavy atom. The molecule has 0 N–H and O–H groups in total. The average Bonchev–Trinajstić information content (AvgIpc) is 3.39. The number of nitrogens with zero attached hydrogens (tertiary/aromatic N) is 1. The zero-order valence-electron chi connectivity index (χ0n) is 31.4. The highest BCUT2D eigenvalue weighted by atomic mass is 15.1. The first kappa shape index (κ1) is 32.5. The van der Waals surface area contributed by atoms with Gasteiger partial charge in [0.05, 0.1) is 5.69 Å². The molecule has 0 atom stereocenters. The Kier molecular flexibility index (Phi) is 7.33. The average molecular weight is 694 g/mol. The van der Waals surface area contributed by atoms with Crippen molar-refractivity contribution < 1.29 is 0 Å². The highest BCUT2D eigenvalue weighted by molar-refractivity contribution is 6.10. The molecule has 1 heteroatoms. The van der Waals surface area contributed by atoms with Crippen molar-refractivity contribution in [2.24, 2.45) is 0 Å². The summed E-state index contributed by atoms with van der Waals surface area (Å²) in [6.45, 7) is 9.62. The van der Waals surface area contributed by atoms with Crippen molar-refractivity contribution in [1.82, 2.24) is 0 Å². The van der Waals surface area contributed by atoms with Crippen LogP contribution in [0.4, 0.5) is 17.1 Å². The second kappa shape index (κ2) is 12.2. The fraction of sp³-hybridized carbons (Fsp3) is 0.132. The van der Waals surface area contributed by atoms with Gasteiger partial charge in [-0.1, -0.05) is 161 Å². The number of rotatable bonds is 5. The Hall–Kier alpha value is -6.18. The standard InChI is InChI=1S/C53H43N/c1-52(2)46-23-15-14-20-41(46)44-32-48-45(33-47(44)52)51-43-22-13-12-21-42(43)50(34-49(51)53(48,3)4)54(40-30-26-38(27-31-40)36-18-10-7-11-19-36)39-28-24-37(25-29-39)35-16-8-5-6-9-17-35/h5,7-34H,6H2,1-4H3. The fourth-order valence-corrected chi connectivity index (χ4v) is 9.38. The summed E-state index contributed by atoms with van der Waals surface area (Å²) in [6.07, 6.45) is 12.0. The van der Waals surface area contributed by atoms with E-state index in [1.807, 2.05) is 0 Å². The highest BCUT2D eigenvalue weighted by Gasteiger charge is 2.42. The monoisotopic (exact) mass is 693 g/mol. The van der Waals surface area contributed by atoms with E-state index in [2.05, 4.69) is 209 Å². The van der Waals surface area contributed by atoms with Crippen LogP contribution in [0.25, 0.3) is 49.7 Å². The minimum absolute atomic E-state index is 0.0582. The molecule has 260 valence electrons. The molecule has 10 rings (SSSR count). The molecule has 54 heavy (non-hydrogen) atoms. The van der Waals surface area contributed by atoms with Gasteiger partial charge in [0, 0.05) is 27.6 Å². The summed E-state index contributed by atoms with van der Waals surface area (Å²) in [4.78, 5) is 2.47. The Labute approximate surface area is 319 Å². The third kappa shape index (κ3) is 4.92. The molecule has 0 amide bonds. The van der Waals surface area contributed by atoms with Crippen LogP contribution in [0, 0.1) is 0 Å². The van der Waals surface area contributed by atoms with Gasteiger partial charge < -0.3 is 4.90 Å². The second-order valence-electron chi connectivity index (χ2n) is 16.1. The molecule has 3 aliphatic rings.